The molecule has 0 saturated heterocycles. The SMILES string of the molecule is CCSC(=NC)Nc1cccc(F)c1. The van der Waals surface area contributed by atoms with E-state index < -0.39 is 0 Å². The van der Waals surface area contributed by atoms with Gasteiger partial charge in [-0.2, -0.15) is 0 Å². The van der Waals surface area contributed by atoms with Crippen LogP contribution >= 0.6 is 11.8 Å². The molecule has 0 fully saturated rings. The van der Waals surface area contributed by atoms with E-state index in [1.54, 1.807) is 24.9 Å². The molecule has 14 heavy (non-hydrogen) atoms. The second kappa shape index (κ2) is 5.65. The summed E-state index contributed by atoms with van der Waals surface area (Å²) in [6.07, 6.45) is 0. The standard InChI is InChI=1S/C10H13FN2S/c1-3-14-10(12-2)13-9-6-4-5-8(11)7-9/h4-7H,3H2,1-2H3,(H,12,13). The van der Waals surface area contributed by atoms with Gasteiger partial charge in [-0.3, -0.25) is 4.99 Å². The van der Waals surface area contributed by atoms with Crippen molar-refractivity contribution < 1.29 is 4.39 Å². The van der Waals surface area contributed by atoms with Crippen molar-refractivity contribution in [2.24, 2.45) is 4.99 Å². The highest BCUT2D eigenvalue weighted by Gasteiger charge is 1.99. The average Bonchev–Trinajstić information content (AvgIpc) is 2.17. The minimum absolute atomic E-state index is 0.244. The van der Waals surface area contributed by atoms with Crippen LogP contribution in [0.25, 0.3) is 0 Å². The Kier molecular flexibility index (Phi) is 4.46. The molecule has 1 aromatic rings. The van der Waals surface area contributed by atoms with Gasteiger partial charge in [-0.05, 0) is 24.0 Å². The first kappa shape index (κ1) is 11.0. The molecule has 0 aliphatic carbocycles. The predicted octanol–water partition coefficient (Wildman–Crippen LogP) is 2.98. The summed E-state index contributed by atoms with van der Waals surface area (Å²) >= 11 is 1.59. The van der Waals surface area contributed by atoms with E-state index >= 15 is 0 Å². The fourth-order valence-corrected chi connectivity index (χ4v) is 1.58. The highest BCUT2D eigenvalue weighted by atomic mass is 32.2. The first-order valence-corrected chi connectivity index (χ1v) is 5.37. The Morgan fingerprint density at radius 1 is 1.57 bits per heavy atom. The van der Waals surface area contributed by atoms with Gasteiger partial charge in [0.15, 0.2) is 5.17 Å². The van der Waals surface area contributed by atoms with Gasteiger partial charge in [-0.1, -0.05) is 24.8 Å². The minimum Gasteiger partial charge on any atom is -0.335 e. The molecular weight excluding hydrogens is 199 g/mol. The van der Waals surface area contributed by atoms with E-state index in [-0.39, 0.29) is 5.82 Å². The molecule has 0 aromatic heterocycles. The lowest BCUT2D eigenvalue weighted by molar-refractivity contribution is 0.628. The topological polar surface area (TPSA) is 24.4 Å². The molecule has 1 N–H and O–H groups in total. The van der Waals surface area contributed by atoms with Gasteiger partial charge in [0.25, 0.3) is 0 Å². The van der Waals surface area contributed by atoms with E-state index in [1.165, 1.54) is 12.1 Å². The van der Waals surface area contributed by atoms with E-state index in [4.69, 9.17) is 0 Å². The Morgan fingerprint density at radius 3 is 2.93 bits per heavy atom. The number of benzene rings is 1. The average molecular weight is 212 g/mol. The lowest BCUT2D eigenvalue weighted by Gasteiger charge is -2.07. The van der Waals surface area contributed by atoms with E-state index in [0.717, 1.165) is 16.6 Å². The number of anilines is 1. The highest BCUT2D eigenvalue weighted by molar-refractivity contribution is 8.14. The molecule has 0 atom stereocenters. The van der Waals surface area contributed by atoms with Gasteiger partial charge in [-0.25, -0.2) is 4.39 Å². The van der Waals surface area contributed by atoms with Crippen molar-refractivity contribution in [1.82, 2.24) is 0 Å². The summed E-state index contributed by atoms with van der Waals surface area (Å²) in [5.41, 5.74) is 0.728. The normalized spacial score (nSPS) is 11.5. The van der Waals surface area contributed by atoms with Gasteiger partial charge in [0.1, 0.15) is 5.82 Å². The van der Waals surface area contributed by atoms with E-state index in [9.17, 15) is 4.39 Å². The second-order valence-electron chi connectivity index (χ2n) is 2.60. The largest absolute Gasteiger partial charge is 0.335 e. The van der Waals surface area contributed by atoms with Crippen molar-refractivity contribution in [3.8, 4) is 0 Å². The Bertz CT molecular complexity index is 326. The van der Waals surface area contributed by atoms with Crippen molar-refractivity contribution in [2.45, 2.75) is 6.92 Å². The summed E-state index contributed by atoms with van der Waals surface area (Å²) in [7, 11) is 1.71. The fourth-order valence-electron chi connectivity index (χ4n) is 0.983. The molecule has 0 aliphatic heterocycles. The summed E-state index contributed by atoms with van der Waals surface area (Å²) < 4.78 is 12.8. The van der Waals surface area contributed by atoms with Gasteiger partial charge in [-0.15, -0.1) is 0 Å². The van der Waals surface area contributed by atoms with Crippen LogP contribution in [0.1, 0.15) is 6.92 Å². The van der Waals surface area contributed by atoms with Gasteiger partial charge >= 0.3 is 0 Å². The predicted molar refractivity (Wildman–Crippen MR) is 61.5 cm³/mol. The van der Waals surface area contributed by atoms with Crippen LogP contribution in [0.15, 0.2) is 29.3 Å². The van der Waals surface area contributed by atoms with Crippen molar-refractivity contribution in [3.63, 3.8) is 0 Å². The summed E-state index contributed by atoms with van der Waals surface area (Å²) in [6.45, 7) is 2.04. The molecule has 76 valence electrons. The smallest absolute Gasteiger partial charge is 0.160 e. The Hall–Kier alpha value is -1.03. The van der Waals surface area contributed by atoms with Gasteiger partial charge in [0.2, 0.25) is 0 Å². The molecule has 0 aliphatic rings. The van der Waals surface area contributed by atoms with Crippen LogP contribution in [0.2, 0.25) is 0 Å². The molecule has 1 rings (SSSR count). The van der Waals surface area contributed by atoms with Crippen molar-refractivity contribution in [2.75, 3.05) is 18.1 Å². The first-order valence-electron chi connectivity index (χ1n) is 4.38. The number of hydrogen-bond acceptors (Lipinski definition) is 2. The molecule has 2 nitrogen and oxygen atoms in total. The number of nitrogens with zero attached hydrogens (tertiary/aromatic N) is 1. The Morgan fingerprint density at radius 2 is 2.36 bits per heavy atom. The number of aliphatic imine (C=N–C) groups is 1. The van der Waals surface area contributed by atoms with Gasteiger partial charge in [0.05, 0.1) is 0 Å². The van der Waals surface area contributed by atoms with Crippen LogP contribution in [0.4, 0.5) is 10.1 Å². The van der Waals surface area contributed by atoms with Crippen LogP contribution < -0.4 is 5.32 Å². The van der Waals surface area contributed by atoms with Gasteiger partial charge in [0, 0.05) is 12.7 Å². The monoisotopic (exact) mass is 212 g/mol. The highest BCUT2D eigenvalue weighted by Crippen LogP contribution is 2.12. The number of nitrogens with one attached hydrogen (secondary N) is 1. The second-order valence-corrected chi connectivity index (χ2v) is 3.85. The van der Waals surface area contributed by atoms with Crippen molar-refractivity contribution in [1.29, 1.82) is 0 Å². The van der Waals surface area contributed by atoms with Crippen LogP contribution in [0.3, 0.4) is 0 Å². The number of hydrogen-bond donors (Lipinski definition) is 1. The number of thioether (sulfide) groups is 1. The lowest BCUT2D eigenvalue weighted by atomic mass is 10.3. The molecule has 0 bridgehead atoms. The number of rotatable bonds is 2. The molecule has 0 heterocycles. The molecule has 0 radical (unpaired) electrons. The lowest BCUT2D eigenvalue weighted by Crippen LogP contribution is -2.07. The third-order valence-electron chi connectivity index (χ3n) is 1.56. The third-order valence-corrected chi connectivity index (χ3v) is 2.41. The van der Waals surface area contributed by atoms with Crippen LogP contribution in [-0.2, 0) is 0 Å². The first-order chi connectivity index (χ1) is 6.76. The number of halogens is 1. The zero-order chi connectivity index (χ0) is 10.4. The van der Waals surface area contributed by atoms with Crippen molar-refractivity contribution in [3.05, 3.63) is 30.1 Å². The molecule has 1 aromatic carbocycles. The minimum atomic E-state index is -0.244. The third kappa shape index (κ3) is 3.38. The summed E-state index contributed by atoms with van der Waals surface area (Å²) in [6, 6.07) is 6.34. The zero-order valence-corrected chi connectivity index (χ0v) is 9.07. The molecule has 0 unspecified atom stereocenters. The number of amidine groups is 1. The van der Waals surface area contributed by atoms with Crippen molar-refractivity contribution >= 4 is 22.6 Å². The maximum Gasteiger partial charge on any atom is 0.160 e. The zero-order valence-electron chi connectivity index (χ0n) is 8.25. The fraction of sp³-hybridized carbons (Fsp3) is 0.300. The summed E-state index contributed by atoms with van der Waals surface area (Å²) in [5.74, 6) is 0.696. The molecule has 4 heteroatoms. The van der Waals surface area contributed by atoms with Crippen LogP contribution in [0.5, 0.6) is 0 Å². The van der Waals surface area contributed by atoms with E-state index in [1.807, 2.05) is 13.0 Å². The molecule has 0 amide bonds. The maximum absolute atomic E-state index is 12.8. The Labute approximate surface area is 87.6 Å². The van der Waals surface area contributed by atoms with Crippen LogP contribution in [-0.4, -0.2) is 18.0 Å². The Balaban J connectivity index is 2.67. The van der Waals surface area contributed by atoms with E-state index in [2.05, 4.69) is 10.3 Å². The molecular formula is C10H13FN2S. The molecule has 0 saturated carbocycles. The maximum atomic E-state index is 12.8. The van der Waals surface area contributed by atoms with E-state index in [0.29, 0.717) is 0 Å². The molecule has 0 spiro atoms. The quantitative estimate of drug-likeness (QED) is 0.602. The van der Waals surface area contributed by atoms with Crippen LogP contribution in [0, 0.1) is 5.82 Å². The summed E-state index contributed by atoms with van der Waals surface area (Å²) in [5, 5.41) is 3.85. The summed E-state index contributed by atoms with van der Waals surface area (Å²) in [4.78, 5) is 4.05. The van der Waals surface area contributed by atoms with Gasteiger partial charge < -0.3 is 5.32 Å².